The minimum Gasteiger partial charge on any atom is -0.398 e. The zero-order valence-corrected chi connectivity index (χ0v) is 26.4. The van der Waals surface area contributed by atoms with Gasteiger partial charge in [0.1, 0.15) is 0 Å². The molecule has 0 amide bonds. The second-order valence-electron chi connectivity index (χ2n) is 13.6. The monoisotopic (exact) mass is 568 g/mol. The van der Waals surface area contributed by atoms with Crippen LogP contribution in [0.25, 0.3) is 22.3 Å². The molecule has 0 saturated heterocycles. The van der Waals surface area contributed by atoms with Crippen molar-refractivity contribution in [1.82, 2.24) is 0 Å². The van der Waals surface area contributed by atoms with Gasteiger partial charge in [0.2, 0.25) is 0 Å². The van der Waals surface area contributed by atoms with E-state index in [0.717, 1.165) is 36.8 Å². The summed E-state index contributed by atoms with van der Waals surface area (Å²) in [6.07, 6.45) is 11.0. The molecule has 0 bridgehead atoms. The summed E-state index contributed by atoms with van der Waals surface area (Å²) < 4.78 is 0. The Balaban J connectivity index is 1.20. The van der Waals surface area contributed by atoms with Gasteiger partial charge in [-0.3, -0.25) is 4.99 Å². The van der Waals surface area contributed by atoms with E-state index >= 15 is 0 Å². The molecule has 2 nitrogen and oxygen atoms in total. The molecular formula is C41H48N2. The van der Waals surface area contributed by atoms with Gasteiger partial charge in [0.15, 0.2) is 0 Å². The van der Waals surface area contributed by atoms with Gasteiger partial charge < -0.3 is 5.73 Å². The van der Waals surface area contributed by atoms with Crippen LogP contribution in [-0.2, 0) is 6.42 Å². The van der Waals surface area contributed by atoms with Crippen molar-refractivity contribution in [2.24, 2.45) is 10.9 Å². The van der Waals surface area contributed by atoms with E-state index in [4.69, 9.17) is 5.73 Å². The normalized spacial score (nSPS) is 22.3. The lowest BCUT2D eigenvalue weighted by atomic mass is 9.79. The Bertz CT molecular complexity index is 1550. The molecule has 2 aliphatic rings. The number of aryl methyl sites for hydroxylation is 1. The minimum atomic E-state index is 0.449. The highest BCUT2D eigenvalue weighted by molar-refractivity contribution is 5.72. The highest BCUT2D eigenvalue weighted by Gasteiger charge is 2.22. The van der Waals surface area contributed by atoms with Gasteiger partial charge in [-0.15, -0.1) is 0 Å². The average molecular weight is 569 g/mol. The van der Waals surface area contributed by atoms with E-state index < -0.39 is 0 Å². The first kappa shape index (κ1) is 29.4. The van der Waals surface area contributed by atoms with Crippen molar-refractivity contribution < 1.29 is 0 Å². The van der Waals surface area contributed by atoms with Crippen LogP contribution in [0.1, 0.15) is 104 Å². The second kappa shape index (κ2) is 12.9. The number of nitrogens with two attached hydrogens (primary N) is 1. The fourth-order valence-electron chi connectivity index (χ4n) is 7.48. The summed E-state index contributed by atoms with van der Waals surface area (Å²) in [5, 5.41) is 0. The summed E-state index contributed by atoms with van der Waals surface area (Å²) in [7, 11) is 0. The highest BCUT2D eigenvalue weighted by Crippen LogP contribution is 2.38. The number of nitrogens with zero attached hydrogens (tertiary/aromatic N) is 1. The summed E-state index contributed by atoms with van der Waals surface area (Å²) >= 11 is 0. The molecule has 0 aliphatic heterocycles. The molecule has 0 unspecified atom stereocenters. The van der Waals surface area contributed by atoms with Crippen molar-refractivity contribution in [3.8, 4) is 22.3 Å². The zero-order valence-electron chi connectivity index (χ0n) is 26.4. The molecule has 0 atom stereocenters. The lowest BCUT2D eigenvalue weighted by Crippen LogP contribution is -2.15. The Kier molecular flexibility index (Phi) is 8.84. The van der Waals surface area contributed by atoms with Crippen LogP contribution in [0.5, 0.6) is 0 Å². The predicted octanol–water partition coefficient (Wildman–Crippen LogP) is 10.8. The van der Waals surface area contributed by atoms with Gasteiger partial charge in [-0.05, 0) is 145 Å². The van der Waals surface area contributed by atoms with Crippen LogP contribution < -0.4 is 5.73 Å². The van der Waals surface area contributed by atoms with Gasteiger partial charge in [0.05, 0.1) is 0 Å². The molecule has 2 heteroatoms. The van der Waals surface area contributed by atoms with Crippen molar-refractivity contribution in [2.75, 3.05) is 5.73 Å². The Hall–Kier alpha value is -3.65. The fraction of sp³-hybridized carbons (Fsp3) is 0.390. The van der Waals surface area contributed by atoms with Crippen LogP contribution in [-0.4, -0.2) is 12.8 Å². The van der Waals surface area contributed by atoms with Crippen LogP contribution >= 0.6 is 0 Å². The molecule has 0 aromatic heterocycles. The van der Waals surface area contributed by atoms with E-state index in [1.807, 2.05) is 0 Å². The predicted molar refractivity (Wildman–Crippen MR) is 185 cm³/mol. The van der Waals surface area contributed by atoms with Gasteiger partial charge in [0.25, 0.3) is 0 Å². The van der Waals surface area contributed by atoms with E-state index in [9.17, 15) is 0 Å². The lowest BCUT2D eigenvalue weighted by molar-refractivity contribution is 0.348. The summed E-state index contributed by atoms with van der Waals surface area (Å²) in [4.78, 5) is 4.27. The van der Waals surface area contributed by atoms with Crippen LogP contribution in [0, 0.1) is 19.8 Å². The summed E-state index contributed by atoms with van der Waals surface area (Å²) in [5.41, 5.74) is 20.6. The van der Waals surface area contributed by atoms with E-state index in [-0.39, 0.29) is 0 Å². The van der Waals surface area contributed by atoms with Gasteiger partial charge >= 0.3 is 0 Å². The number of hydrogen-bond donors (Lipinski definition) is 1. The first-order chi connectivity index (χ1) is 20.9. The van der Waals surface area contributed by atoms with Crippen molar-refractivity contribution in [3.63, 3.8) is 0 Å². The molecule has 43 heavy (non-hydrogen) atoms. The van der Waals surface area contributed by atoms with Crippen LogP contribution in [0.3, 0.4) is 0 Å². The molecule has 2 saturated carbocycles. The van der Waals surface area contributed by atoms with Crippen molar-refractivity contribution in [2.45, 2.75) is 96.4 Å². The number of rotatable bonds is 7. The molecule has 0 radical (unpaired) electrons. The molecule has 222 valence electrons. The topological polar surface area (TPSA) is 38.4 Å². The van der Waals surface area contributed by atoms with Gasteiger partial charge in [-0.2, -0.15) is 0 Å². The number of benzene rings is 4. The number of anilines is 1. The van der Waals surface area contributed by atoms with E-state index in [2.05, 4.69) is 111 Å². The van der Waals surface area contributed by atoms with Crippen LogP contribution in [0.2, 0.25) is 0 Å². The standard InChI is InChI=1S/C41H48N2/c1-27-5-8-30(9-6-27)31-11-15-34(16-12-31)36-10-7-28(2)37(23-36)24-38-25-39(26-41(42)29(38)3)35-17-13-32(14-18-35)33-19-21-40(43-4)22-20-33/h7,10-18,23,25-27,30,33,40H,4-6,8-9,19-22,24,42H2,1-3H3. The number of nitrogen functional groups attached to an aromatic ring is 1. The Morgan fingerprint density at radius 3 is 1.72 bits per heavy atom. The first-order valence-corrected chi connectivity index (χ1v) is 16.5. The molecule has 4 aromatic rings. The Labute approximate surface area is 259 Å². The lowest BCUT2D eigenvalue weighted by Gasteiger charge is -2.26. The Morgan fingerprint density at radius 1 is 0.628 bits per heavy atom. The third-order valence-corrected chi connectivity index (χ3v) is 10.7. The minimum absolute atomic E-state index is 0.449. The largest absolute Gasteiger partial charge is 0.398 e. The molecule has 2 fully saturated rings. The summed E-state index contributed by atoms with van der Waals surface area (Å²) in [6, 6.07) is 30.5. The SMILES string of the molecule is C=NC1CCC(c2ccc(-c3cc(N)c(C)c(Cc4cc(-c5ccc(C6CCC(C)CC6)cc5)ccc4C)c3)cc2)CC1. The third kappa shape index (κ3) is 6.64. The first-order valence-electron chi connectivity index (χ1n) is 16.5. The maximum Gasteiger partial charge on any atom is 0.0492 e. The molecule has 4 aromatic carbocycles. The van der Waals surface area contributed by atoms with Crippen molar-refractivity contribution in [3.05, 3.63) is 112 Å². The second-order valence-corrected chi connectivity index (χ2v) is 13.6. The average Bonchev–Trinajstić information content (AvgIpc) is 3.05. The molecule has 2 N–H and O–H groups in total. The summed E-state index contributed by atoms with van der Waals surface area (Å²) in [5.74, 6) is 2.25. The molecule has 0 heterocycles. The highest BCUT2D eigenvalue weighted by atomic mass is 14.7. The number of hydrogen-bond acceptors (Lipinski definition) is 2. The van der Waals surface area contributed by atoms with Crippen LogP contribution in [0.15, 0.2) is 83.9 Å². The molecule has 6 rings (SSSR count). The van der Waals surface area contributed by atoms with Crippen LogP contribution in [0.4, 0.5) is 5.69 Å². The van der Waals surface area contributed by atoms with Gasteiger partial charge in [-0.25, -0.2) is 0 Å². The van der Waals surface area contributed by atoms with Crippen molar-refractivity contribution >= 4 is 12.4 Å². The molecule has 2 aliphatic carbocycles. The van der Waals surface area contributed by atoms with E-state index in [0.29, 0.717) is 12.0 Å². The zero-order chi connectivity index (χ0) is 29.9. The smallest absolute Gasteiger partial charge is 0.0492 e. The Morgan fingerprint density at radius 2 is 1.14 bits per heavy atom. The van der Waals surface area contributed by atoms with Crippen molar-refractivity contribution in [1.29, 1.82) is 0 Å². The van der Waals surface area contributed by atoms with E-state index in [1.165, 1.54) is 94.2 Å². The molecule has 0 spiro atoms. The maximum absolute atomic E-state index is 6.61. The third-order valence-electron chi connectivity index (χ3n) is 10.7. The molecular weight excluding hydrogens is 520 g/mol. The number of aliphatic imine (C=N–C) groups is 1. The quantitative estimate of drug-likeness (QED) is 0.175. The maximum atomic E-state index is 6.61. The van der Waals surface area contributed by atoms with Gasteiger partial charge in [-0.1, -0.05) is 92.6 Å². The fourth-order valence-corrected chi connectivity index (χ4v) is 7.48. The van der Waals surface area contributed by atoms with E-state index in [1.54, 1.807) is 0 Å². The summed E-state index contributed by atoms with van der Waals surface area (Å²) in [6.45, 7) is 10.5. The van der Waals surface area contributed by atoms with Gasteiger partial charge in [0, 0.05) is 11.7 Å².